The molecule has 1 saturated heterocycles. The van der Waals surface area contributed by atoms with Crippen LogP contribution in [0.2, 0.25) is 0 Å². The summed E-state index contributed by atoms with van der Waals surface area (Å²) in [5.41, 5.74) is 9.45. The van der Waals surface area contributed by atoms with Crippen LogP contribution in [0.3, 0.4) is 0 Å². The number of nitrogens with two attached hydrogens (primary N) is 1. The van der Waals surface area contributed by atoms with Crippen molar-refractivity contribution in [2.75, 3.05) is 26.2 Å². The van der Waals surface area contributed by atoms with E-state index in [-0.39, 0.29) is 5.91 Å². The molecular formula is C26H28N6O2. The number of hydrogen-bond acceptors (Lipinski definition) is 6. The van der Waals surface area contributed by atoms with E-state index in [2.05, 4.69) is 16.0 Å². The van der Waals surface area contributed by atoms with Crippen molar-refractivity contribution in [2.24, 2.45) is 12.8 Å². The smallest absolute Gasteiger partial charge is 0.237 e. The monoisotopic (exact) mass is 456 g/mol. The van der Waals surface area contributed by atoms with Gasteiger partial charge in [0.15, 0.2) is 0 Å². The number of aryl methyl sites for hydroxylation is 1. The third-order valence-corrected chi connectivity index (χ3v) is 6.83. The molecule has 34 heavy (non-hydrogen) atoms. The van der Waals surface area contributed by atoms with E-state index >= 15 is 0 Å². The minimum absolute atomic E-state index is 0.132. The van der Waals surface area contributed by atoms with E-state index in [1.54, 1.807) is 18.6 Å². The van der Waals surface area contributed by atoms with Crippen molar-refractivity contribution in [3.8, 4) is 17.6 Å². The van der Waals surface area contributed by atoms with Gasteiger partial charge in [-0.3, -0.25) is 9.69 Å². The first-order valence-electron chi connectivity index (χ1n) is 11.5. The molecule has 0 radical (unpaired) electrons. The van der Waals surface area contributed by atoms with Gasteiger partial charge in [0.25, 0.3) is 0 Å². The fraction of sp³-hybridized carbons (Fsp3) is 0.346. The average Bonchev–Trinajstić information content (AvgIpc) is 3.27. The van der Waals surface area contributed by atoms with E-state index in [9.17, 15) is 10.1 Å². The highest BCUT2D eigenvalue weighted by Crippen LogP contribution is 2.36. The van der Waals surface area contributed by atoms with Crippen LogP contribution in [-0.4, -0.2) is 51.4 Å². The molecule has 2 unspecified atom stereocenters. The second-order valence-electron chi connectivity index (χ2n) is 9.13. The summed E-state index contributed by atoms with van der Waals surface area (Å²) in [4.78, 5) is 21.2. The molecule has 8 heteroatoms. The molecule has 2 atom stereocenters. The van der Waals surface area contributed by atoms with Gasteiger partial charge >= 0.3 is 0 Å². The zero-order valence-corrected chi connectivity index (χ0v) is 19.3. The number of carbonyl (C=O) groups excluding carboxylic acids is 1. The average molecular weight is 457 g/mol. The number of imidazole rings is 1. The Labute approximate surface area is 199 Å². The van der Waals surface area contributed by atoms with Crippen molar-refractivity contribution in [3.05, 3.63) is 77.4 Å². The van der Waals surface area contributed by atoms with Crippen LogP contribution in [0.25, 0.3) is 0 Å². The van der Waals surface area contributed by atoms with Gasteiger partial charge in [-0.05, 0) is 54.8 Å². The Morgan fingerprint density at radius 3 is 2.79 bits per heavy atom. The Morgan fingerprint density at radius 2 is 2.03 bits per heavy atom. The largest absolute Gasteiger partial charge is 0.456 e. The van der Waals surface area contributed by atoms with E-state index in [0.29, 0.717) is 43.1 Å². The van der Waals surface area contributed by atoms with Crippen LogP contribution in [0.5, 0.6) is 11.5 Å². The number of benzene rings is 2. The van der Waals surface area contributed by atoms with Crippen LogP contribution in [-0.2, 0) is 23.9 Å². The standard InChI is InChI=1S/C26H28N6O2/c1-30-18-29-15-24(30)26(28)8-3-9-31-10-11-32(25(33)17-31)16-19-4-2-5-22(12-19)34-23-13-21(26)7-6-20(23)14-27/h2,4-7,12-13,15,18H,3,8-11,16-17,28H2,1H3. The molecule has 2 N–H and O–H groups in total. The highest BCUT2D eigenvalue weighted by molar-refractivity contribution is 5.79. The van der Waals surface area contributed by atoms with Crippen molar-refractivity contribution in [3.63, 3.8) is 0 Å². The van der Waals surface area contributed by atoms with E-state index in [4.69, 9.17) is 10.5 Å². The molecule has 4 heterocycles. The summed E-state index contributed by atoms with van der Waals surface area (Å²) >= 11 is 0. The molecule has 174 valence electrons. The molecule has 0 spiro atoms. The summed E-state index contributed by atoms with van der Waals surface area (Å²) in [6.07, 6.45) is 5.00. The Balaban J connectivity index is 1.61. The first-order valence-corrected chi connectivity index (χ1v) is 11.5. The Hall–Kier alpha value is -3.67. The molecule has 6 rings (SSSR count). The normalized spacial score (nSPS) is 22.8. The van der Waals surface area contributed by atoms with Gasteiger partial charge in [-0.25, -0.2) is 4.98 Å². The third-order valence-electron chi connectivity index (χ3n) is 6.83. The number of aromatic nitrogens is 2. The van der Waals surface area contributed by atoms with Gasteiger partial charge in [0.05, 0.1) is 35.9 Å². The first kappa shape index (κ1) is 22.1. The van der Waals surface area contributed by atoms with Gasteiger partial charge in [0.1, 0.15) is 17.6 Å². The van der Waals surface area contributed by atoms with Crippen molar-refractivity contribution >= 4 is 5.91 Å². The quantitative estimate of drug-likeness (QED) is 0.604. The molecule has 3 aromatic rings. The number of nitrogens with zero attached hydrogens (tertiary/aromatic N) is 5. The zero-order valence-electron chi connectivity index (χ0n) is 19.3. The number of nitriles is 1. The summed E-state index contributed by atoms with van der Waals surface area (Å²) in [6.45, 7) is 3.27. The maximum Gasteiger partial charge on any atom is 0.237 e. The van der Waals surface area contributed by atoms with Gasteiger partial charge < -0.3 is 19.9 Å². The van der Waals surface area contributed by atoms with E-state index in [1.165, 1.54) is 0 Å². The first-order chi connectivity index (χ1) is 16.5. The topological polar surface area (TPSA) is 100 Å². The number of piperazine rings is 1. The predicted molar refractivity (Wildman–Crippen MR) is 127 cm³/mol. The number of carbonyl (C=O) groups is 1. The second-order valence-corrected chi connectivity index (χ2v) is 9.13. The fourth-order valence-corrected chi connectivity index (χ4v) is 4.94. The van der Waals surface area contributed by atoms with Crippen molar-refractivity contribution < 1.29 is 9.53 Å². The van der Waals surface area contributed by atoms with Crippen molar-refractivity contribution in [1.82, 2.24) is 19.4 Å². The lowest BCUT2D eigenvalue weighted by molar-refractivity contribution is -0.136. The van der Waals surface area contributed by atoms with Crippen molar-refractivity contribution in [1.29, 1.82) is 5.26 Å². The lowest BCUT2D eigenvalue weighted by Gasteiger charge is -2.36. The van der Waals surface area contributed by atoms with Crippen LogP contribution in [0.15, 0.2) is 55.0 Å². The molecule has 2 aromatic carbocycles. The lowest BCUT2D eigenvalue weighted by Crippen LogP contribution is -2.50. The number of amides is 1. The third kappa shape index (κ3) is 4.16. The molecule has 3 aliphatic heterocycles. The highest BCUT2D eigenvalue weighted by Gasteiger charge is 2.34. The minimum Gasteiger partial charge on any atom is -0.456 e. The van der Waals surface area contributed by atoms with E-state index < -0.39 is 5.54 Å². The summed E-state index contributed by atoms with van der Waals surface area (Å²) < 4.78 is 8.15. The molecule has 1 fully saturated rings. The van der Waals surface area contributed by atoms with Gasteiger partial charge in [-0.1, -0.05) is 18.2 Å². The Morgan fingerprint density at radius 1 is 1.15 bits per heavy atom. The summed E-state index contributed by atoms with van der Waals surface area (Å²) in [6, 6.07) is 15.5. The maximum atomic E-state index is 12.8. The van der Waals surface area contributed by atoms with Gasteiger partial charge in [-0.15, -0.1) is 0 Å². The second kappa shape index (κ2) is 8.93. The Kier molecular flexibility index (Phi) is 5.82. The molecule has 1 aromatic heterocycles. The van der Waals surface area contributed by atoms with E-state index in [0.717, 1.165) is 36.3 Å². The molecule has 6 bridgehead atoms. The number of rotatable bonds is 1. The maximum absolute atomic E-state index is 12.8. The number of fused-ring (bicyclic) bond motifs is 5. The number of hydrogen-bond donors (Lipinski definition) is 1. The van der Waals surface area contributed by atoms with Crippen LogP contribution >= 0.6 is 0 Å². The SMILES string of the molecule is Cn1cncc1C1(N)CCCN2CCN(Cc3cccc(c3)Oc3cc1ccc3C#N)C(=O)C2. The van der Waals surface area contributed by atoms with Gasteiger partial charge in [0.2, 0.25) is 5.91 Å². The van der Waals surface area contributed by atoms with Crippen LogP contribution in [0.1, 0.15) is 35.2 Å². The lowest BCUT2D eigenvalue weighted by atomic mass is 9.82. The molecule has 0 saturated carbocycles. The van der Waals surface area contributed by atoms with Gasteiger partial charge in [0, 0.05) is 26.7 Å². The highest BCUT2D eigenvalue weighted by atomic mass is 16.5. The van der Waals surface area contributed by atoms with Crippen LogP contribution in [0, 0.1) is 11.3 Å². The molecular weight excluding hydrogens is 428 g/mol. The molecule has 1 amide bonds. The fourth-order valence-electron chi connectivity index (χ4n) is 4.94. The predicted octanol–water partition coefficient (Wildman–Crippen LogP) is 2.72. The summed E-state index contributed by atoms with van der Waals surface area (Å²) in [7, 11) is 1.93. The van der Waals surface area contributed by atoms with Crippen LogP contribution in [0.4, 0.5) is 0 Å². The van der Waals surface area contributed by atoms with Gasteiger partial charge in [-0.2, -0.15) is 5.26 Å². The molecule has 0 aliphatic carbocycles. The number of ether oxygens (including phenoxy) is 1. The Bertz CT molecular complexity index is 1260. The molecule has 3 aliphatic rings. The van der Waals surface area contributed by atoms with E-state index in [1.807, 2.05) is 52.9 Å². The summed E-state index contributed by atoms with van der Waals surface area (Å²) in [5, 5.41) is 9.71. The zero-order chi connectivity index (χ0) is 23.7. The minimum atomic E-state index is -0.831. The van der Waals surface area contributed by atoms with Crippen LogP contribution < -0.4 is 10.5 Å². The van der Waals surface area contributed by atoms with Crippen molar-refractivity contribution in [2.45, 2.75) is 24.9 Å². The summed E-state index contributed by atoms with van der Waals surface area (Å²) in [5.74, 6) is 1.21. The molecule has 8 nitrogen and oxygen atoms in total.